The average Bonchev–Trinajstić information content (AvgIpc) is 2.22. The summed E-state index contributed by atoms with van der Waals surface area (Å²) in [4.78, 5) is 0. The Labute approximate surface area is 89.7 Å². The molecule has 0 saturated carbocycles. The van der Waals surface area contributed by atoms with Gasteiger partial charge in [-0.3, -0.25) is 11.3 Å². The van der Waals surface area contributed by atoms with Gasteiger partial charge in [-0.05, 0) is 31.0 Å². The van der Waals surface area contributed by atoms with E-state index in [2.05, 4.69) is 5.43 Å². The van der Waals surface area contributed by atoms with Gasteiger partial charge in [-0.15, -0.1) is 0 Å². The van der Waals surface area contributed by atoms with Gasteiger partial charge >= 0.3 is 0 Å². The van der Waals surface area contributed by atoms with Crippen molar-refractivity contribution in [2.24, 2.45) is 5.84 Å². The number of phenolic OH excluding ortho intramolecular Hbond substituents is 2. The summed E-state index contributed by atoms with van der Waals surface area (Å²) in [5.41, 5.74) is 3.94. The zero-order valence-corrected chi connectivity index (χ0v) is 9.12. The molecule has 5 N–H and O–H groups in total. The highest BCUT2D eigenvalue weighted by Gasteiger charge is 2.11. The maximum atomic E-state index is 9.72. The van der Waals surface area contributed by atoms with E-state index in [1.54, 1.807) is 12.1 Å². The largest absolute Gasteiger partial charge is 0.508 e. The molecule has 4 heteroatoms. The van der Waals surface area contributed by atoms with Crippen molar-refractivity contribution >= 4 is 0 Å². The van der Waals surface area contributed by atoms with Crippen molar-refractivity contribution in [3.8, 4) is 11.5 Å². The Hall–Kier alpha value is -1.26. The van der Waals surface area contributed by atoms with Crippen LogP contribution in [0.15, 0.2) is 12.1 Å². The Bertz CT molecular complexity index is 316. The molecule has 0 bridgehead atoms. The zero-order valence-electron chi connectivity index (χ0n) is 9.12. The molecule has 0 radical (unpaired) electrons. The summed E-state index contributed by atoms with van der Waals surface area (Å²) >= 11 is 0. The number of phenols is 2. The molecule has 1 rings (SSSR count). The summed E-state index contributed by atoms with van der Waals surface area (Å²) in [7, 11) is 0. The Morgan fingerprint density at radius 1 is 1.33 bits per heavy atom. The van der Waals surface area contributed by atoms with Gasteiger partial charge in [0.15, 0.2) is 0 Å². The molecule has 1 atom stereocenters. The van der Waals surface area contributed by atoms with Crippen LogP contribution < -0.4 is 11.3 Å². The van der Waals surface area contributed by atoms with E-state index in [4.69, 9.17) is 5.84 Å². The number of nitrogens with two attached hydrogens (primary N) is 1. The molecule has 0 aliphatic heterocycles. The van der Waals surface area contributed by atoms with E-state index in [0.29, 0.717) is 12.0 Å². The first kappa shape index (κ1) is 11.8. The van der Waals surface area contributed by atoms with Gasteiger partial charge < -0.3 is 10.2 Å². The molecule has 1 aromatic carbocycles. The van der Waals surface area contributed by atoms with Crippen molar-refractivity contribution in [1.29, 1.82) is 0 Å². The molecule has 0 saturated heterocycles. The van der Waals surface area contributed by atoms with Gasteiger partial charge in [0.25, 0.3) is 0 Å². The summed E-state index contributed by atoms with van der Waals surface area (Å²) in [6, 6.07) is 3.17. The number of hydrazine groups is 1. The van der Waals surface area contributed by atoms with E-state index in [-0.39, 0.29) is 17.5 Å². The van der Waals surface area contributed by atoms with E-state index >= 15 is 0 Å². The fourth-order valence-corrected chi connectivity index (χ4v) is 1.52. The quantitative estimate of drug-likeness (QED) is 0.449. The Morgan fingerprint density at radius 2 is 1.87 bits per heavy atom. The van der Waals surface area contributed by atoms with Crippen LogP contribution in [0.5, 0.6) is 11.5 Å². The molecule has 15 heavy (non-hydrogen) atoms. The summed E-state index contributed by atoms with van der Waals surface area (Å²) in [5.74, 6) is 5.55. The van der Waals surface area contributed by atoms with Crippen LogP contribution in [0.1, 0.15) is 37.4 Å². The lowest BCUT2D eigenvalue weighted by atomic mass is 10.0. The van der Waals surface area contributed by atoms with Crippen molar-refractivity contribution < 1.29 is 10.2 Å². The van der Waals surface area contributed by atoms with E-state index in [1.807, 2.05) is 13.8 Å². The highest BCUT2D eigenvalue weighted by Crippen LogP contribution is 2.31. The van der Waals surface area contributed by atoms with Gasteiger partial charge in [-0.2, -0.15) is 0 Å². The highest BCUT2D eigenvalue weighted by atomic mass is 16.3. The Morgan fingerprint density at radius 3 is 2.27 bits per heavy atom. The van der Waals surface area contributed by atoms with Gasteiger partial charge in [0.05, 0.1) is 0 Å². The van der Waals surface area contributed by atoms with Crippen molar-refractivity contribution in [3.05, 3.63) is 23.3 Å². The van der Waals surface area contributed by atoms with Crippen LogP contribution in [-0.4, -0.2) is 10.2 Å². The maximum absolute atomic E-state index is 9.72. The first-order valence-corrected chi connectivity index (χ1v) is 5.11. The third-order valence-corrected chi connectivity index (χ3v) is 2.48. The predicted molar refractivity (Wildman–Crippen MR) is 59.5 cm³/mol. The molecule has 0 aromatic heterocycles. The van der Waals surface area contributed by atoms with Crippen LogP contribution in [0, 0.1) is 0 Å². The number of nitrogens with one attached hydrogen (secondary N) is 1. The van der Waals surface area contributed by atoms with Crippen molar-refractivity contribution in [2.75, 3.05) is 0 Å². The summed E-state index contributed by atoms with van der Waals surface area (Å²) in [5, 5.41) is 19.4. The minimum atomic E-state index is -0.0996. The fraction of sp³-hybridized carbons (Fsp3) is 0.455. The molecule has 0 unspecified atom stereocenters. The molecule has 84 valence electrons. The molecule has 0 spiro atoms. The predicted octanol–water partition coefficient (Wildman–Crippen LogP) is 1.57. The van der Waals surface area contributed by atoms with Crippen LogP contribution in [0.4, 0.5) is 0 Å². The van der Waals surface area contributed by atoms with E-state index in [1.165, 1.54) is 0 Å². The molecule has 0 aliphatic rings. The SMILES string of the molecule is CCCc1c(O)cc([C@H](C)NN)cc1O. The van der Waals surface area contributed by atoms with Crippen molar-refractivity contribution in [3.63, 3.8) is 0 Å². The molecule has 0 fully saturated rings. The first-order valence-electron chi connectivity index (χ1n) is 5.11. The topological polar surface area (TPSA) is 78.5 Å². The minimum absolute atomic E-state index is 0.0996. The third kappa shape index (κ3) is 2.61. The number of aromatic hydroxyl groups is 2. The number of hydrogen-bond donors (Lipinski definition) is 4. The van der Waals surface area contributed by atoms with Crippen LogP contribution in [0.25, 0.3) is 0 Å². The average molecular weight is 210 g/mol. The number of hydrogen-bond acceptors (Lipinski definition) is 4. The van der Waals surface area contributed by atoms with E-state index < -0.39 is 0 Å². The van der Waals surface area contributed by atoms with Crippen LogP contribution >= 0.6 is 0 Å². The van der Waals surface area contributed by atoms with Gasteiger partial charge in [-0.25, -0.2) is 0 Å². The van der Waals surface area contributed by atoms with Gasteiger partial charge in [0, 0.05) is 11.6 Å². The molecular formula is C11H18N2O2. The van der Waals surface area contributed by atoms with Crippen LogP contribution in [0.3, 0.4) is 0 Å². The smallest absolute Gasteiger partial charge is 0.122 e. The third-order valence-electron chi connectivity index (χ3n) is 2.48. The summed E-state index contributed by atoms with van der Waals surface area (Å²) < 4.78 is 0. The van der Waals surface area contributed by atoms with E-state index in [0.717, 1.165) is 12.0 Å². The standard InChI is InChI=1S/C11H18N2O2/c1-3-4-9-10(14)5-8(6-11(9)15)7(2)13-12/h5-7,13-15H,3-4,12H2,1-2H3/t7-/m0/s1. The van der Waals surface area contributed by atoms with Gasteiger partial charge in [0.1, 0.15) is 11.5 Å². The molecule has 0 heterocycles. The van der Waals surface area contributed by atoms with E-state index in [9.17, 15) is 10.2 Å². The second-order valence-electron chi connectivity index (χ2n) is 3.68. The lowest BCUT2D eigenvalue weighted by molar-refractivity contribution is 0.434. The second kappa shape index (κ2) is 5.00. The van der Waals surface area contributed by atoms with Gasteiger partial charge in [0.2, 0.25) is 0 Å². The lowest BCUT2D eigenvalue weighted by Crippen LogP contribution is -2.25. The minimum Gasteiger partial charge on any atom is -0.508 e. The second-order valence-corrected chi connectivity index (χ2v) is 3.68. The summed E-state index contributed by atoms with van der Waals surface area (Å²) in [6.45, 7) is 3.85. The Kier molecular flexibility index (Phi) is 3.94. The first-order chi connectivity index (χ1) is 7.10. The number of benzene rings is 1. The molecule has 0 amide bonds. The summed E-state index contributed by atoms with van der Waals surface area (Å²) in [6.07, 6.45) is 1.55. The normalized spacial score (nSPS) is 12.7. The zero-order chi connectivity index (χ0) is 11.4. The highest BCUT2D eigenvalue weighted by molar-refractivity contribution is 5.47. The fourth-order valence-electron chi connectivity index (χ4n) is 1.52. The van der Waals surface area contributed by atoms with Crippen LogP contribution in [0.2, 0.25) is 0 Å². The molecular weight excluding hydrogens is 192 g/mol. The Balaban J connectivity index is 3.07. The maximum Gasteiger partial charge on any atom is 0.122 e. The van der Waals surface area contributed by atoms with Gasteiger partial charge in [-0.1, -0.05) is 13.3 Å². The van der Waals surface area contributed by atoms with Crippen molar-refractivity contribution in [1.82, 2.24) is 5.43 Å². The van der Waals surface area contributed by atoms with Crippen molar-refractivity contribution in [2.45, 2.75) is 32.7 Å². The monoisotopic (exact) mass is 210 g/mol. The molecule has 0 aliphatic carbocycles. The molecule has 1 aromatic rings. The number of rotatable bonds is 4. The molecule has 4 nitrogen and oxygen atoms in total. The van der Waals surface area contributed by atoms with Crippen LogP contribution in [-0.2, 0) is 6.42 Å². The lowest BCUT2D eigenvalue weighted by Gasteiger charge is -2.14.